The third-order valence-electron chi connectivity index (χ3n) is 4.66. The summed E-state index contributed by atoms with van der Waals surface area (Å²) in [5.74, 6) is 1.31. The lowest BCUT2D eigenvalue weighted by Gasteiger charge is -2.18. The smallest absolute Gasteiger partial charge is 0.155 e. The average Bonchev–Trinajstić information content (AvgIpc) is 2.59. The standard InChI is InChI=1S/C22H36O4S/c1-5-6-16-26-21-13-10-11-19(18-21)14-15-20(23)12-8-7-9-17-27(24,25)22(2,3)4/h10-11,13,18H,5-9,12,14-17H2,1-4H3. The van der Waals surface area contributed by atoms with Crippen LogP contribution < -0.4 is 4.74 Å². The van der Waals surface area contributed by atoms with Crippen molar-refractivity contribution in [2.45, 2.75) is 83.8 Å². The number of rotatable bonds is 13. The van der Waals surface area contributed by atoms with Crippen molar-refractivity contribution >= 4 is 15.6 Å². The highest BCUT2D eigenvalue weighted by atomic mass is 32.2. The summed E-state index contributed by atoms with van der Waals surface area (Å²) >= 11 is 0. The average molecular weight is 397 g/mol. The highest BCUT2D eigenvalue weighted by molar-refractivity contribution is 7.92. The number of carbonyl (C=O) groups excluding carboxylic acids is 1. The van der Waals surface area contributed by atoms with Gasteiger partial charge in [0.1, 0.15) is 11.5 Å². The molecule has 1 aromatic carbocycles. The van der Waals surface area contributed by atoms with Crippen LogP contribution in [-0.2, 0) is 21.1 Å². The fraction of sp³-hybridized carbons (Fsp3) is 0.682. The Hall–Kier alpha value is -1.36. The van der Waals surface area contributed by atoms with Gasteiger partial charge in [-0.05, 0) is 64.2 Å². The molecule has 0 saturated heterocycles. The van der Waals surface area contributed by atoms with E-state index in [2.05, 4.69) is 6.92 Å². The van der Waals surface area contributed by atoms with Crippen molar-refractivity contribution < 1.29 is 17.9 Å². The molecule has 1 rings (SSSR count). The SMILES string of the molecule is CCCCOc1cccc(CCC(=O)CCCCCS(=O)(=O)C(C)(C)C)c1. The maximum atomic E-state index is 12.1. The molecule has 0 aromatic heterocycles. The van der Waals surface area contributed by atoms with Crippen molar-refractivity contribution in [1.29, 1.82) is 0 Å². The first kappa shape index (κ1) is 23.7. The number of ketones is 1. The van der Waals surface area contributed by atoms with Crippen LogP contribution in [-0.4, -0.2) is 31.3 Å². The molecule has 0 heterocycles. The number of benzene rings is 1. The molecule has 0 fully saturated rings. The van der Waals surface area contributed by atoms with E-state index in [9.17, 15) is 13.2 Å². The Morgan fingerprint density at radius 2 is 1.78 bits per heavy atom. The first-order valence-corrected chi connectivity index (χ1v) is 11.8. The van der Waals surface area contributed by atoms with Gasteiger partial charge in [-0.15, -0.1) is 0 Å². The molecule has 27 heavy (non-hydrogen) atoms. The number of hydrogen-bond acceptors (Lipinski definition) is 4. The van der Waals surface area contributed by atoms with Crippen molar-refractivity contribution in [3.05, 3.63) is 29.8 Å². The normalized spacial score (nSPS) is 12.1. The van der Waals surface area contributed by atoms with Crippen LogP contribution in [0.15, 0.2) is 24.3 Å². The van der Waals surface area contributed by atoms with Gasteiger partial charge in [-0.1, -0.05) is 31.9 Å². The van der Waals surface area contributed by atoms with Gasteiger partial charge in [0.15, 0.2) is 9.84 Å². The van der Waals surface area contributed by atoms with Crippen molar-refractivity contribution in [3.63, 3.8) is 0 Å². The zero-order chi connectivity index (χ0) is 20.3. The van der Waals surface area contributed by atoms with Crippen LogP contribution in [0.3, 0.4) is 0 Å². The zero-order valence-electron chi connectivity index (χ0n) is 17.4. The van der Waals surface area contributed by atoms with Crippen LogP contribution in [0, 0.1) is 0 Å². The van der Waals surface area contributed by atoms with Crippen molar-refractivity contribution in [1.82, 2.24) is 0 Å². The molecular formula is C22H36O4S. The molecule has 0 aliphatic carbocycles. The number of aryl methyl sites for hydroxylation is 1. The van der Waals surface area contributed by atoms with E-state index in [0.717, 1.165) is 50.0 Å². The number of ether oxygens (including phenoxy) is 1. The van der Waals surface area contributed by atoms with E-state index in [-0.39, 0.29) is 11.5 Å². The van der Waals surface area contributed by atoms with E-state index in [1.165, 1.54) is 0 Å². The second-order valence-electron chi connectivity index (χ2n) is 8.13. The summed E-state index contributed by atoms with van der Waals surface area (Å²) in [5.41, 5.74) is 1.12. The molecule has 0 amide bonds. The predicted octanol–water partition coefficient (Wildman–Crippen LogP) is 5.14. The highest BCUT2D eigenvalue weighted by Crippen LogP contribution is 2.18. The van der Waals surface area contributed by atoms with Gasteiger partial charge >= 0.3 is 0 Å². The van der Waals surface area contributed by atoms with Gasteiger partial charge in [0.05, 0.1) is 17.1 Å². The van der Waals surface area contributed by atoms with Crippen LogP contribution in [0.1, 0.15) is 78.2 Å². The Morgan fingerprint density at radius 3 is 2.44 bits per heavy atom. The molecule has 0 spiro atoms. The van der Waals surface area contributed by atoms with E-state index in [1.54, 1.807) is 20.8 Å². The lowest BCUT2D eigenvalue weighted by molar-refractivity contribution is -0.119. The monoisotopic (exact) mass is 396 g/mol. The van der Waals surface area contributed by atoms with E-state index in [4.69, 9.17) is 4.74 Å². The molecule has 0 aliphatic heterocycles. The highest BCUT2D eigenvalue weighted by Gasteiger charge is 2.27. The van der Waals surface area contributed by atoms with E-state index < -0.39 is 14.6 Å². The summed E-state index contributed by atoms with van der Waals surface area (Å²) in [4.78, 5) is 12.1. The quantitative estimate of drug-likeness (QED) is 0.433. The molecule has 5 heteroatoms. The largest absolute Gasteiger partial charge is 0.494 e. The minimum atomic E-state index is -3.05. The summed E-state index contributed by atoms with van der Waals surface area (Å²) in [6, 6.07) is 7.96. The Labute approximate surface area is 165 Å². The second kappa shape index (κ2) is 11.5. The van der Waals surface area contributed by atoms with Gasteiger partial charge < -0.3 is 4.74 Å². The van der Waals surface area contributed by atoms with Crippen LogP contribution >= 0.6 is 0 Å². The molecule has 0 atom stereocenters. The topological polar surface area (TPSA) is 60.4 Å². The van der Waals surface area contributed by atoms with Crippen LogP contribution in [0.5, 0.6) is 5.75 Å². The molecule has 4 nitrogen and oxygen atoms in total. The third-order valence-corrected chi connectivity index (χ3v) is 7.35. The van der Waals surface area contributed by atoms with Crippen molar-refractivity contribution in [3.8, 4) is 5.75 Å². The fourth-order valence-electron chi connectivity index (χ4n) is 2.63. The summed E-state index contributed by atoms with van der Waals surface area (Å²) in [7, 11) is -3.05. The molecular weight excluding hydrogens is 360 g/mol. The molecule has 0 bridgehead atoms. The number of hydrogen-bond donors (Lipinski definition) is 0. The minimum Gasteiger partial charge on any atom is -0.494 e. The maximum Gasteiger partial charge on any atom is 0.155 e. The van der Waals surface area contributed by atoms with Crippen molar-refractivity contribution in [2.75, 3.05) is 12.4 Å². The molecule has 0 aliphatic rings. The number of sulfone groups is 1. The minimum absolute atomic E-state index is 0.204. The van der Waals surface area contributed by atoms with Gasteiger partial charge in [0, 0.05) is 12.8 Å². The summed E-state index contributed by atoms with van der Waals surface area (Å²) in [6.07, 6.45) is 6.10. The van der Waals surface area contributed by atoms with Gasteiger partial charge in [-0.2, -0.15) is 0 Å². The van der Waals surface area contributed by atoms with Crippen LogP contribution in [0.4, 0.5) is 0 Å². The number of carbonyl (C=O) groups is 1. The van der Waals surface area contributed by atoms with Crippen LogP contribution in [0.25, 0.3) is 0 Å². The van der Waals surface area contributed by atoms with Gasteiger partial charge in [-0.3, -0.25) is 4.79 Å². The molecule has 0 N–H and O–H groups in total. The first-order chi connectivity index (χ1) is 12.7. The first-order valence-electron chi connectivity index (χ1n) is 10.1. The van der Waals surface area contributed by atoms with E-state index in [1.807, 2.05) is 24.3 Å². The van der Waals surface area contributed by atoms with Gasteiger partial charge in [-0.25, -0.2) is 8.42 Å². The van der Waals surface area contributed by atoms with Crippen LogP contribution in [0.2, 0.25) is 0 Å². The van der Waals surface area contributed by atoms with Gasteiger partial charge in [0.25, 0.3) is 0 Å². The summed E-state index contributed by atoms with van der Waals surface area (Å²) in [6.45, 7) is 8.06. The number of unbranched alkanes of at least 4 members (excludes halogenated alkanes) is 3. The summed E-state index contributed by atoms with van der Waals surface area (Å²) in [5, 5.41) is 0. The third kappa shape index (κ3) is 9.41. The molecule has 0 unspecified atom stereocenters. The Kier molecular flexibility index (Phi) is 10.1. The Bertz CT molecular complexity index is 672. The Balaban J connectivity index is 2.25. The van der Waals surface area contributed by atoms with Gasteiger partial charge in [0.2, 0.25) is 0 Å². The maximum absolute atomic E-state index is 12.1. The molecule has 1 aromatic rings. The van der Waals surface area contributed by atoms with E-state index in [0.29, 0.717) is 19.3 Å². The van der Waals surface area contributed by atoms with Crippen molar-refractivity contribution in [2.24, 2.45) is 0 Å². The lowest BCUT2D eigenvalue weighted by Crippen LogP contribution is -2.30. The molecule has 0 radical (unpaired) electrons. The molecule has 0 saturated carbocycles. The zero-order valence-corrected chi connectivity index (χ0v) is 18.2. The lowest BCUT2D eigenvalue weighted by atomic mass is 10.0. The fourth-order valence-corrected chi connectivity index (χ4v) is 3.83. The molecule has 154 valence electrons. The summed E-state index contributed by atoms with van der Waals surface area (Å²) < 4.78 is 29.1. The van der Waals surface area contributed by atoms with E-state index >= 15 is 0 Å². The Morgan fingerprint density at radius 1 is 1.04 bits per heavy atom. The predicted molar refractivity (Wildman–Crippen MR) is 112 cm³/mol. The number of Topliss-reactive ketones (excluding diaryl/α,β-unsaturated/α-hetero) is 1. The second-order valence-corrected chi connectivity index (χ2v) is 11.0.